The molecule has 19 heavy (non-hydrogen) atoms. The zero-order chi connectivity index (χ0) is 14.3. The minimum atomic E-state index is -0.177. The molecule has 1 aromatic heterocycles. The third-order valence-electron chi connectivity index (χ3n) is 2.31. The van der Waals surface area contributed by atoms with E-state index in [0.29, 0.717) is 13.0 Å². The zero-order valence-corrected chi connectivity index (χ0v) is 12.2. The number of pyridine rings is 1. The maximum Gasteiger partial charge on any atom is 0.222 e. The van der Waals surface area contributed by atoms with Crippen molar-refractivity contribution in [1.82, 2.24) is 10.3 Å². The fourth-order valence-corrected chi connectivity index (χ4v) is 1.64. The largest absolute Gasteiger partial charge is 0.384 e. The maximum atomic E-state index is 11.6. The van der Waals surface area contributed by atoms with Crippen molar-refractivity contribution in [3.63, 3.8) is 0 Å². The van der Waals surface area contributed by atoms with Crippen molar-refractivity contribution < 1.29 is 4.79 Å². The standard InChI is InChI=1S/C14H24N4O/c1-5-16-11-8-12(10-15-9-11)17-7-6-13(19)18-14(2,3)4/h8-10,16-17H,5-7H2,1-4H3,(H,18,19). The van der Waals surface area contributed by atoms with Crippen LogP contribution in [-0.4, -0.2) is 29.5 Å². The van der Waals surface area contributed by atoms with Gasteiger partial charge in [-0.2, -0.15) is 0 Å². The SMILES string of the molecule is CCNc1cncc(NCCC(=O)NC(C)(C)C)c1. The van der Waals surface area contributed by atoms with E-state index in [4.69, 9.17) is 0 Å². The minimum absolute atomic E-state index is 0.0517. The number of anilines is 2. The van der Waals surface area contributed by atoms with Crippen LogP contribution < -0.4 is 16.0 Å². The number of hydrogen-bond donors (Lipinski definition) is 3. The zero-order valence-electron chi connectivity index (χ0n) is 12.2. The van der Waals surface area contributed by atoms with Gasteiger partial charge in [0.2, 0.25) is 5.91 Å². The Morgan fingerprint density at radius 3 is 2.42 bits per heavy atom. The molecule has 0 radical (unpaired) electrons. The Balaban J connectivity index is 2.36. The van der Waals surface area contributed by atoms with Crippen LogP contribution in [0.2, 0.25) is 0 Å². The van der Waals surface area contributed by atoms with Gasteiger partial charge in [0.1, 0.15) is 0 Å². The summed E-state index contributed by atoms with van der Waals surface area (Å²) in [4.78, 5) is 15.8. The fraction of sp³-hybridized carbons (Fsp3) is 0.571. The van der Waals surface area contributed by atoms with Gasteiger partial charge in [-0.05, 0) is 33.8 Å². The van der Waals surface area contributed by atoms with Gasteiger partial charge in [0.25, 0.3) is 0 Å². The van der Waals surface area contributed by atoms with E-state index < -0.39 is 0 Å². The van der Waals surface area contributed by atoms with E-state index in [2.05, 4.69) is 20.9 Å². The van der Waals surface area contributed by atoms with Crippen LogP contribution >= 0.6 is 0 Å². The average Bonchev–Trinajstić information content (AvgIpc) is 2.27. The number of aromatic nitrogens is 1. The van der Waals surface area contributed by atoms with Gasteiger partial charge in [-0.1, -0.05) is 0 Å². The van der Waals surface area contributed by atoms with Crippen molar-refractivity contribution in [3.8, 4) is 0 Å². The molecule has 1 rings (SSSR count). The van der Waals surface area contributed by atoms with Crippen LogP contribution in [0.1, 0.15) is 34.1 Å². The minimum Gasteiger partial charge on any atom is -0.384 e. The topological polar surface area (TPSA) is 66.0 Å². The van der Waals surface area contributed by atoms with Crippen molar-refractivity contribution >= 4 is 17.3 Å². The third-order valence-corrected chi connectivity index (χ3v) is 2.31. The van der Waals surface area contributed by atoms with Crippen LogP contribution in [0.4, 0.5) is 11.4 Å². The van der Waals surface area contributed by atoms with Gasteiger partial charge in [-0.15, -0.1) is 0 Å². The molecule has 0 aliphatic carbocycles. The Kier molecular flexibility index (Phi) is 5.60. The number of amides is 1. The van der Waals surface area contributed by atoms with Crippen LogP contribution in [0.15, 0.2) is 18.5 Å². The molecule has 1 heterocycles. The molecule has 1 amide bonds. The van der Waals surface area contributed by atoms with E-state index in [-0.39, 0.29) is 11.4 Å². The van der Waals surface area contributed by atoms with Crippen molar-refractivity contribution in [1.29, 1.82) is 0 Å². The van der Waals surface area contributed by atoms with E-state index in [9.17, 15) is 4.79 Å². The number of nitrogens with zero attached hydrogens (tertiary/aromatic N) is 1. The highest BCUT2D eigenvalue weighted by Crippen LogP contribution is 2.12. The first-order valence-corrected chi connectivity index (χ1v) is 6.64. The summed E-state index contributed by atoms with van der Waals surface area (Å²) in [5, 5.41) is 9.32. The van der Waals surface area contributed by atoms with Gasteiger partial charge >= 0.3 is 0 Å². The van der Waals surface area contributed by atoms with Crippen molar-refractivity contribution in [2.75, 3.05) is 23.7 Å². The quantitative estimate of drug-likeness (QED) is 0.737. The summed E-state index contributed by atoms with van der Waals surface area (Å²) in [6.07, 6.45) is 3.98. The molecule has 5 nitrogen and oxygen atoms in total. The molecular weight excluding hydrogens is 240 g/mol. The molecule has 0 aliphatic rings. The molecule has 0 aromatic carbocycles. The molecule has 0 saturated carbocycles. The summed E-state index contributed by atoms with van der Waals surface area (Å²) < 4.78 is 0. The number of hydrogen-bond acceptors (Lipinski definition) is 4. The molecule has 106 valence electrons. The summed E-state index contributed by atoms with van der Waals surface area (Å²) in [6, 6.07) is 1.98. The summed E-state index contributed by atoms with van der Waals surface area (Å²) in [5.74, 6) is 0.0517. The second kappa shape index (κ2) is 6.97. The van der Waals surface area contributed by atoms with E-state index >= 15 is 0 Å². The summed E-state index contributed by atoms with van der Waals surface area (Å²) in [5.41, 5.74) is 1.72. The first-order valence-electron chi connectivity index (χ1n) is 6.64. The molecule has 0 spiro atoms. The molecule has 0 unspecified atom stereocenters. The molecule has 0 atom stereocenters. The summed E-state index contributed by atoms with van der Waals surface area (Å²) in [6.45, 7) is 9.42. The van der Waals surface area contributed by atoms with E-state index in [1.807, 2.05) is 33.8 Å². The molecule has 3 N–H and O–H groups in total. The highest BCUT2D eigenvalue weighted by atomic mass is 16.1. The second-order valence-corrected chi connectivity index (χ2v) is 5.47. The first-order chi connectivity index (χ1) is 8.90. The molecule has 0 bridgehead atoms. The highest BCUT2D eigenvalue weighted by Gasteiger charge is 2.12. The second-order valence-electron chi connectivity index (χ2n) is 5.47. The lowest BCUT2D eigenvalue weighted by molar-refractivity contribution is -0.122. The van der Waals surface area contributed by atoms with Gasteiger partial charge in [-0.25, -0.2) is 0 Å². The van der Waals surface area contributed by atoms with Gasteiger partial charge in [0.15, 0.2) is 0 Å². The smallest absolute Gasteiger partial charge is 0.222 e. The Bertz CT molecular complexity index is 412. The monoisotopic (exact) mass is 264 g/mol. The number of rotatable bonds is 6. The lowest BCUT2D eigenvalue weighted by Gasteiger charge is -2.20. The highest BCUT2D eigenvalue weighted by molar-refractivity contribution is 5.77. The van der Waals surface area contributed by atoms with Crippen LogP contribution in [-0.2, 0) is 4.79 Å². The Hall–Kier alpha value is -1.78. The molecule has 0 saturated heterocycles. The van der Waals surface area contributed by atoms with Gasteiger partial charge in [0, 0.05) is 25.0 Å². The predicted octanol–water partition coefficient (Wildman–Crippen LogP) is 2.23. The summed E-state index contributed by atoms with van der Waals surface area (Å²) >= 11 is 0. The lowest BCUT2D eigenvalue weighted by Crippen LogP contribution is -2.41. The fourth-order valence-electron chi connectivity index (χ4n) is 1.64. The van der Waals surface area contributed by atoms with Crippen LogP contribution in [0.3, 0.4) is 0 Å². The van der Waals surface area contributed by atoms with Gasteiger partial charge in [-0.3, -0.25) is 9.78 Å². The number of nitrogens with one attached hydrogen (secondary N) is 3. The Labute approximate surface area is 115 Å². The number of carbonyl (C=O) groups excluding carboxylic acids is 1. The van der Waals surface area contributed by atoms with E-state index in [0.717, 1.165) is 17.9 Å². The van der Waals surface area contributed by atoms with Crippen LogP contribution in [0, 0.1) is 0 Å². The molecular formula is C14H24N4O. The maximum absolute atomic E-state index is 11.6. The predicted molar refractivity (Wildman–Crippen MR) is 79.4 cm³/mol. The molecule has 5 heteroatoms. The van der Waals surface area contributed by atoms with Gasteiger partial charge in [0.05, 0.1) is 23.8 Å². The van der Waals surface area contributed by atoms with Crippen molar-refractivity contribution in [2.24, 2.45) is 0 Å². The third kappa shape index (κ3) is 6.64. The molecule has 0 fully saturated rings. The van der Waals surface area contributed by atoms with E-state index in [1.165, 1.54) is 0 Å². The molecule has 1 aromatic rings. The van der Waals surface area contributed by atoms with Crippen LogP contribution in [0.25, 0.3) is 0 Å². The van der Waals surface area contributed by atoms with Gasteiger partial charge < -0.3 is 16.0 Å². The van der Waals surface area contributed by atoms with Crippen molar-refractivity contribution in [3.05, 3.63) is 18.5 Å². The molecule has 0 aliphatic heterocycles. The van der Waals surface area contributed by atoms with E-state index in [1.54, 1.807) is 12.4 Å². The van der Waals surface area contributed by atoms with Crippen LogP contribution in [0.5, 0.6) is 0 Å². The normalized spacial score (nSPS) is 10.9. The summed E-state index contributed by atoms with van der Waals surface area (Å²) in [7, 11) is 0. The average molecular weight is 264 g/mol. The Morgan fingerprint density at radius 1 is 1.21 bits per heavy atom. The Morgan fingerprint density at radius 2 is 1.84 bits per heavy atom. The van der Waals surface area contributed by atoms with Crippen molar-refractivity contribution in [2.45, 2.75) is 39.7 Å². The first kappa shape index (κ1) is 15.3. The lowest BCUT2D eigenvalue weighted by atomic mass is 10.1. The number of carbonyl (C=O) groups is 1.